The number of hydrogen-bond acceptors (Lipinski definition) is 6. The number of amides is 1. The van der Waals surface area contributed by atoms with E-state index in [-0.39, 0.29) is 18.3 Å². The van der Waals surface area contributed by atoms with Gasteiger partial charge < -0.3 is 19.5 Å². The van der Waals surface area contributed by atoms with Crippen LogP contribution in [0.2, 0.25) is 0 Å². The normalized spacial score (nSPS) is 19.8. The van der Waals surface area contributed by atoms with E-state index in [1.165, 1.54) is 30.6 Å². The van der Waals surface area contributed by atoms with E-state index in [0.29, 0.717) is 56.1 Å². The maximum Gasteiger partial charge on any atom is 0.248 e. The van der Waals surface area contributed by atoms with E-state index >= 15 is 0 Å². The predicted molar refractivity (Wildman–Crippen MR) is 109 cm³/mol. The van der Waals surface area contributed by atoms with Crippen LogP contribution in [0.3, 0.4) is 0 Å². The van der Waals surface area contributed by atoms with Gasteiger partial charge in [0, 0.05) is 37.9 Å². The van der Waals surface area contributed by atoms with Gasteiger partial charge in [-0.05, 0) is 44.0 Å². The molecule has 0 spiro atoms. The highest BCUT2D eigenvalue weighted by Crippen LogP contribution is 2.36. The van der Waals surface area contributed by atoms with Crippen LogP contribution in [0.1, 0.15) is 34.8 Å². The summed E-state index contributed by atoms with van der Waals surface area (Å²) < 4.78 is 23.6. The molecule has 3 rings (SSSR count). The number of rotatable bonds is 7. The second kappa shape index (κ2) is 9.65. The Labute approximate surface area is 174 Å². The van der Waals surface area contributed by atoms with Gasteiger partial charge in [0.2, 0.25) is 5.91 Å². The number of hydrogen-bond donors (Lipinski definition) is 1. The third-order valence-corrected chi connectivity index (χ3v) is 6.55. The first-order valence-electron chi connectivity index (χ1n) is 9.75. The molecule has 1 aromatic heterocycles. The first-order chi connectivity index (χ1) is 13.9. The van der Waals surface area contributed by atoms with Crippen LogP contribution in [0, 0.1) is 12.7 Å². The van der Waals surface area contributed by atoms with Crippen LogP contribution in [0.25, 0.3) is 0 Å². The third kappa shape index (κ3) is 5.52. The summed E-state index contributed by atoms with van der Waals surface area (Å²) in [4.78, 5) is 19.5. The van der Waals surface area contributed by atoms with Gasteiger partial charge in [0.1, 0.15) is 28.8 Å². The zero-order valence-electron chi connectivity index (χ0n) is 16.8. The van der Waals surface area contributed by atoms with Crippen LogP contribution >= 0.6 is 11.3 Å². The molecule has 1 fully saturated rings. The molecule has 8 heteroatoms. The Hall–Kier alpha value is -2.03. The van der Waals surface area contributed by atoms with E-state index in [9.17, 15) is 14.3 Å². The molecular formula is C21H27FN2O4S. The lowest BCUT2D eigenvalue weighted by atomic mass is 9.96. The molecule has 0 aliphatic carbocycles. The molecular weight excluding hydrogens is 395 g/mol. The van der Waals surface area contributed by atoms with E-state index in [4.69, 9.17) is 9.47 Å². The third-order valence-electron chi connectivity index (χ3n) is 5.14. The summed E-state index contributed by atoms with van der Waals surface area (Å²) in [6.07, 6.45) is 2.41. The average molecular weight is 423 g/mol. The number of benzene rings is 1. The zero-order valence-corrected chi connectivity index (χ0v) is 17.6. The van der Waals surface area contributed by atoms with Crippen molar-refractivity contribution in [3.8, 4) is 5.75 Å². The van der Waals surface area contributed by atoms with Crippen molar-refractivity contribution < 1.29 is 23.8 Å². The van der Waals surface area contributed by atoms with Gasteiger partial charge in [0.05, 0.1) is 12.3 Å². The van der Waals surface area contributed by atoms with Gasteiger partial charge in [-0.15, -0.1) is 11.3 Å². The molecule has 0 bridgehead atoms. The van der Waals surface area contributed by atoms with E-state index in [2.05, 4.69) is 4.98 Å². The summed E-state index contributed by atoms with van der Waals surface area (Å²) in [7, 11) is 1.51. The number of carbonyl (C=O) groups is 1. The second-order valence-electron chi connectivity index (χ2n) is 7.28. The number of aromatic nitrogens is 1. The maximum absolute atomic E-state index is 13.0. The van der Waals surface area contributed by atoms with E-state index < -0.39 is 5.60 Å². The second-order valence-corrected chi connectivity index (χ2v) is 8.36. The topological polar surface area (TPSA) is 71.9 Å². The Kier molecular flexibility index (Phi) is 7.21. The van der Waals surface area contributed by atoms with Crippen LogP contribution < -0.4 is 4.74 Å². The molecule has 1 unspecified atom stereocenters. The molecule has 2 heterocycles. The average Bonchev–Trinajstić information content (AvgIpc) is 2.95. The van der Waals surface area contributed by atoms with Gasteiger partial charge in [-0.25, -0.2) is 9.37 Å². The van der Waals surface area contributed by atoms with Crippen LogP contribution in [0.15, 0.2) is 24.3 Å². The van der Waals surface area contributed by atoms with E-state index in [1.54, 1.807) is 17.0 Å². The fourth-order valence-electron chi connectivity index (χ4n) is 3.45. The van der Waals surface area contributed by atoms with Gasteiger partial charge in [0.15, 0.2) is 0 Å². The molecule has 158 valence electrons. The molecule has 0 radical (unpaired) electrons. The van der Waals surface area contributed by atoms with Crippen molar-refractivity contribution in [1.29, 1.82) is 0 Å². The first kappa shape index (κ1) is 21.7. The first-order valence-corrected chi connectivity index (χ1v) is 10.6. The fourth-order valence-corrected chi connectivity index (χ4v) is 4.64. The van der Waals surface area contributed by atoms with Crippen LogP contribution in [-0.2, 0) is 21.6 Å². The Balaban J connectivity index is 1.60. The van der Waals surface area contributed by atoms with Gasteiger partial charge in [-0.3, -0.25) is 4.79 Å². The minimum Gasteiger partial charge on any atom is -0.493 e. The number of aryl methyl sites for hydroxylation is 1. The lowest BCUT2D eigenvalue weighted by Crippen LogP contribution is -2.35. The Morgan fingerprint density at radius 2 is 2.07 bits per heavy atom. The molecule has 29 heavy (non-hydrogen) atoms. The Morgan fingerprint density at radius 3 is 2.79 bits per heavy atom. The number of aliphatic hydroxyl groups is 1. The van der Waals surface area contributed by atoms with Gasteiger partial charge >= 0.3 is 0 Å². The summed E-state index contributed by atoms with van der Waals surface area (Å²) in [5, 5.41) is 11.9. The molecule has 1 N–H and O–H groups in total. The number of ether oxygens (including phenoxy) is 2. The number of halogens is 1. The van der Waals surface area contributed by atoms with E-state index in [1.807, 2.05) is 6.92 Å². The van der Waals surface area contributed by atoms with Crippen molar-refractivity contribution in [2.75, 3.05) is 33.4 Å². The van der Waals surface area contributed by atoms with Crippen molar-refractivity contribution in [3.05, 3.63) is 45.7 Å². The highest BCUT2D eigenvalue weighted by Gasteiger charge is 2.36. The van der Waals surface area contributed by atoms with Gasteiger partial charge in [-0.1, -0.05) is 0 Å². The van der Waals surface area contributed by atoms with Crippen LogP contribution in [-0.4, -0.2) is 54.3 Å². The molecule has 1 aromatic carbocycles. The van der Waals surface area contributed by atoms with Gasteiger partial charge in [-0.2, -0.15) is 0 Å². The summed E-state index contributed by atoms with van der Waals surface area (Å²) >= 11 is 1.50. The summed E-state index contributed by atoms with van der Waals surface area (Å²) in [6, 6.07) is 5.94. The smallest absolute Gasteiger partial charge is 0.248 e. The highest BCUT2D eigenvalue weighted by atomic mass is 32.1. The zero-order chi connectivity index (χ0) is 20.9. The molecule has 1 amide bonds. The van der Waals surface area contributed by atoms with Crippen molar-refractivity contribution >= 4 is 17.2 Å². The van der Waals surface area contributed by atoms with Crippen molar-refractivity contribution in [3.63, 3.8) is 0 Å². The van der Waals surface area contributed by atoms with Gasteiger partial charge in [0.25, 0.3) is 0 Å². The quantitative estimate of drug-likeness (QED) is 0.743. The number of carbonyl (C=O) groups excluding carboxylic acids is 1. The van der Waals surface area contributed by atoms with Crippen LogP contribution in [0.4, 0.5) is 4.39 Å². The summed E-state index contributed by atoms with van der Waals surface area (Å²) in [6.45, 7) is 3.55. The number of nitrogens with zero attached hydrogens (tertiary/aromatic N) is 2. The number of likely N-dealkylation sites (tertiary alicyclic amines) is 1. The minimum absolute atomic E-state index is 0.0503. The molecule has 6 nitrogen and oxygen atoms in total. The van der Waals surface area contributed by atoms with Crippen molar-refractivity contribution in [2.45, 2.75) is 38.2 Å². The molecule has 1 aliphatic heterocycles. The molecule has 1 atom stereocenters. The summed E-state index contributed by atoms with van der Waals surface area (Å²) in [5.74, 6) is 0.280. The lowest BCUT2D eigenvalue weighted by Gasteiger charge is -2.24. The standard InChI is InChI=1S/C21H27FN2O4S/c1-15-18(8-13-28-17-6-4-16(22)5-7-17)29-20(23-15)21(26)9-3-11-24(12-10-21)19(25)14-27-2/h4-7,26H,3,8-14H2,1-2H3. The largest absolute Gasteiger partial charge is 0.493 e. The molecule has 2 aromatic rings. The minimum atomic E-state index is -1.02. The number of thiazole rings is 1. The van der Waals surface area contributed by atoms with Crippen molar-refractivity contribution in [2.24, 2.45) is 0 Å². The molecule has 1 aliphatic rings. The Bertz CT molecular complexity index is 827. The SMILES string of the molecule is COCC(=O)N1CCCC(O)(c2nc(C)c(CCOc3ccc(F)cc3)s2)CC1. The lowest BCUT2D eigenvalue weighted by molar-refractivity contribution is -0.135. The monoisotopic (exact) mass is 422 g/mol. The van der Waals surface area contributed by atoms with Crippen molar-refractivity contribution in [1.82, 2.24) is 9.88 Å². The highest BCUT2D eigenvalue weighted by molar-refractivity contribution is 7.11. The Morgan fingerprint density at radius 1 is 1.31 bits per heavy atom. The fraction of sp³-hybridized carbons (Fsp3) is 0.524. The predicted octanol–water partition coefficient (Wildman–Crippen LogP) is 3.06. The summed E-state index contributed by atoms with van der Waals surface area (Å²) in [5.41, 5.74) is -0.133. The molecule has 1 saturated heterocycles. The number of methoxy groups -OCH3 is 1. The molecule has 0 saturated carbocycles. The van der Waals surface area contributed by atoms with E-state index in [0.717, 1.165) is 10.6 Å². The maximum atomic E-state index is 13.0. The van der Waals surface area contributed by atoms with Crippen LogP contribution in [0.5, 0.6) is 5.75 Å².